The van der Waals surface area contributed by atoms with Gasteiger partial charge in [-0.15, -0.1) is 11.8 Å². The molecule has 0 N–H and O–H groups in total. The Morgan fingerprint density at radius 1 is 1.10 bits per heavy atom. The van der Waals surface area contributed by atoms with Crippen molar-refractivity contribution in [2.45, 2.75) is 12.3 Å². The molecule has 0 aliphatic rings. The fourth-order valence-corrected chi connectivity index (χ4v) is 4.79. The molecule has 30 heavy (non-hydrogen) atoms. The van der Waals surface area contributed by atoms with Gasteiger partial charge in [0.1, 0.15) is 5.75 Å². The Kier molecular flexibility index (Phi) is 6.61. The topological polar surface area (TPSA) is 55.3 Å². The SMILES string of the molecule is COc1ccc2sc(N(Cc3ccccn3)C(=O)CSCc3ccccc3)nc2c1. The highest BCUT2D eigenvalue weighted by Crippen LogP contribution is 2.32. The minimum Gasteiger partial charge on any atom is -0.497 e. The number of anilines is 1. The lowest BCUT2D eigenvalue weighted by Crippen LogP contribution is -2.32. The van der Waals surface area contributed by atoms with Crippen LogP contribution in [0.15, 0.2) is 72.9 Å². The van der Waals surface area contributed by atoms with Crippen molar-refractivity contribution in [3.05, 3.63) is 84.2 Å². The first-order valence-corrected chi connectivity index (χ1v) is 11.5. The molecule has 7 heteroatoms. The van der Waals surface area contributed by atoms with Crippen molar-refractivity contribution < 1.29 is 9.53 Å². The Morgan fingerprint density at radius 2 is 1.93 bits per heavy atom. The third-order valence-corrected chi connectivity index (χ3v) is 6.55. The van der Waals surface area contributed by atoms with Gasteiger partial charge in [0.15, 0.2) is 5.13 Å². The van der Waals surface area contributed by atoms with Gasteiger partial charge in [-0.1, -0.05) is 47.7 Å². The molecule has 0 unspecified atom stereocenters. The predicted octanol–water partition coefficient (Wildman–Crippen LogP) is 5.17. The largest absolute Gasteiger partial charge is 0.497 e. The van der Waals surface area contributed by atoms with Crippen molar-refractivity contribution in [3.8, 4) is 5.75 Å². The maximum atomic E-state index is 13.2. The maximum Gasteiger partial charge on any atom is 0.239 e. The Bertz CT molecular complexity index is 1120. The minimum atomic E-state index is 0.0209. The van der Waals surface area contributed by atoms with Crippen LogP contribution in [0.1, 0.15) is 11.3 Å². The second-order valence-electron chi connectivity index (χ2n) is 6.61. The molecule has 4 aromatic rings. The molecule has 0 spiro atoms. The smallest absolute Gasteiger partial charge is 0.239 e. The standard InChI is InChI=1S/C23H21N3O2S2/c1-28-19-10-11-21-20(13-19)25-23(30-21)26(14-18-9-5-6-12-24-18)22(27)16-29-15-17-7-3-2-4-8-17/h2-13H,14-16H2,1H3. The van der Waals surface area contributed by atoms with Gasteiger partial charge in [0.05, 0.1) is 35.3 Å². The highest BCUT2D eigenvalue weighted by Gasteiger charge is 2.21. The van der Waals surface area contributed by atoms with Crippen molar-refractivity contribution in [1.82, 2.24) is 9.97 Å². The van der Waals surface area contributed by atoms with Gasteiger partial charge in [-0.25, -0.2) is 4.98 Å². The number of aromatic nitrogens is 2. The number of nitrogens with zero attached hydrogens (tertiary/aromatic N) is 3. The summed E-state index contributed by atoms with van der Waals surface area (Å²) in [5.74, 6) is 1.94. The van der Waals surface area contributed by atoms with Crippen LogP contribution in [0.4, 0.5) is 5.13 Å². The molecule has 5 nitrogen and oxygen atoms in total. The first-order valence-electron chi connectivity index (χ1n) is 9.49. The van der Waals surface area contributed by atoms with E-state index < -0.39 is 0 Å². The molecular formula is C23H21N3O2S2. The van der Waals surface area contributed by atoms with E-state index in [1.807, 2.05) is 54.6 Å². The van der Waals surface area contributed by atoms with Crippen LogP contribution < -0.4 is 9.64 Å². The molecule has 152 valence electrons. The van der Waals surface area contributed by atoms with Crippen LogP contribution in [-0.4, -0.2) is 28.7 Å². The summed E-state index contributed by atoms with van der Waals surface area (Å²) in [6.07, 6.45) is 1.74. The van der Waals surface area contributed by atoms with Gasteiger partial charge in [-0.2, -0.15) is 0 Å². The molecule has 0 fully saturated rings. The number of fused-ring (bicyclic) bond motifs is 1. The molecule has 2 aromatic heterocycles. The number of thiazole rings is 1. The van der Waals surface area contributed by atoms with Crippen LogP contribution in [0.25, 0.3) is 10.2 Å². The molecule has 0 bridgehead atoms. The maximum absolute atomic E-state index is 13.2. The van der Waals surface area contributed by atoms with Gasteiger partial charge in [-0.05, 0) is 29.8 Å². The number of pyridine rings is 1. The van der Waals surface area contributed by atoms with Crippen molar-refractivity contribution in [2.75, 3.05) is 17.8 Å². The van der Waals surface area contributed by atoms with Crippen molar-refractivity contribution in [1.29, 1.82) is 0 Å². The fraction of sp³-hybridized carbons (Fsp3) is 0.174. The van der Waals surface area contributed by atoms with Crippen LogP contribution >= 0.6 is 23.1 Å². The number of methoxy groups -OCH3 is 1. The number of amides is 1. The number of hydrogen-bond donors (Lipinski definition) is 0. The van der Waals surface area contributed by atoms with E-state index in [0.29, 0.717) is 17.4 Å². The van der Waals surface area contributed by atoms with E-state index in [1.54, 1.807) is 30.0 Å². The molecule has 0 atom stereocenters. The van der Waals surface area contributed by atoms with Gasteiger partial charge in [0.25, 0.3) is 0 Å². The number of benzene rings is 2. The van der Waals surface area contributed by atoms with E-state index >= 15 is 0 Å². The highest BCUT2D eigenvalue weighted by atomic mass is 32.2. The van der Waals surface area contributed by atoms with E-state index in [2.05, 4.69) is 17.1 Å². The van der Waals surface area contributed by atoms with Crippen LogP contribution in [0, 0.1) is 0 Å². The van der Waals surface area contributed by atoms with Crippen LogP contribution in [0.5, 0.6) is 5.75 Å². The van der Waals surface area contributed by atoms with E-state index in [0.717, 1.165) is 27.4 Å². The lowest BCUT2D eigenvalue weighted by molar-refractivity contribution is -0.116. The zero-order chi connectivity index (χ0) is 20.8. The third-order valence-electron chi connectivity index (χ3n) is 4.50. The van der Waals surface area contributed by atoms with Crippen molar-refractivity contribution >= 4 is 44.4 Å². The molecule has 0 aliphatic carbocycles. The summed E-state index contributed by atoms with van der Waals surface area (Å²) in [5, 5.41) is 0.675. The average molecular weight is 436 g/mol. The summed E-state index contributed by atoms with van der Waals surface area (Å²) < 4.78 is 6.32. The lowest BCUT2D eigenvalue weighted by Gasteiger charge is -2.19. The van der Waals surface area contributed by atoms with Crippen LogP contribution in [0.3, 0.4) is 0 Å². The first-order chi connectivity index (χ1) is 14.7. The second-order valence-corrected chi connectivity index (χ2v) is 8.60. The monoisotopic (exact) mass is 435 g/mol. The predicted molar refractivity (Wildman–Crippen MR) is 124 cm³/mol. The van der Waals surface area contributed by atoms with E-state index in [4.69, 9.17) is 9.72 Å². The number of carbonyl (C=O) groups is 1. The summed E-state index contributed by atoms with van der Waals surface area (Å²) in [7, 11) is 1.63. The van der Waals surface area contributed by atoms with Crippen molar-refractivity contribution in [2.24, 2.45) is 0 Å². The van der Waals surface area contributed by atoms with Gasteiger partial charge in [-0.3, -0.25) is 14.7 Å². The summed E-state index contributed by atoms with van der Waals surface area (Å²) in [4.78, 5) is 24.0. The Hall–Kier alpha value is -2.90. The van der Waals surface area contributed by atoms with Gasteiger partial charge < -0.3 is 4.74 Å². The molecule has 0 saturated carbocycles. The molecule has 2 aromatic carbocycles. The first kappa shape index (κ1) is 20.4. The van der Waals surface area contributed by atoms with E-state index in [9.17, 15) is 4.79 Å². The number of carbonyl (C=O) groups excluding carboxylic acids is 1. The highest BCUT2D eigenvalue weighted by molar-refractivity contribution is 7.99. The van der Waals surface area contributed by atoms with E-state index in [-0.39, 0.29) is 5.91 Å². The minimum absolute atomic E-state index is 0.0209. The molecule has 4 rings (SSSR count). The molecular weight excluding hydrogens is 414 g/mol. The number of rotatable bonds is 8. The quantitative estimate of drug-likeness (QED) is 0.382. The zero-order valence-electron chi connectivity index (χ0n) is 16.5. The van der Waals surface area contributed by atoms with Gasteiger partial charge >= 0.3 is 0 Å². The molecule has 0 radical (unpaired) electrons. The number of thioether (sulfide) groups is 1. The lowest BCUT2D eigenvalue weighted by atomic mass is 10.2. The van der Waals surface area contributed by atoms with E-state index in [1.165, 1.54) is 16.9 Å². The van der Waals surface area contributed by atoms with Gasteiger partial charge in [0, 0.05) is 18.0 Å². The third kappa shape index (κ3) is 4.98. The molecule has 2 heterocycles. The summed E-state index contributed by atoms with van der Waals surface area (Å²) in [6, 6.07) is 21.7. The molecule has 0 saturated heterocycles. The summed E-state index contributed by atoms with van der Waals surface area (Å²) >= 11 is 3.11. The van der Waals surface area contributed by atoms with Crippen molar-refractivity contribution in [3.63, 3.8) is 0 Å². The Labute approximate surface area is 183 Å². The molecule has 1 amide bonds. The summed E-state index contributed by atoms with van der Waals surface area (Å²) in [6.45, 7) is 0.391. The van der Waals surface area contributed by atoms with Crippen LogP contribution in [-0.2, 0) is 17.1 Å². The normalized spacial score (nSPS) is 10.8. The number of hydrogen-bond acceptors (Lipinski definition) is 6. The zero-order valence-corrected chi connectivity index (χ0v) is 18.2. The van der Waals surface area contributed by atoms with Gasteiger partial charge in [0.2, 0.25) is 5.91 Å². The Morgan fingerprint density at radius 3 is 2.70 bits per heavy atom. The Balaban J connectivity index is 1.55. The average Bonchev–Trinajstić information content (AvgIpc) is 3.21. The fourth-order valence-electron chi connectivity index (χ4n) is 2.96. The number of ether oxygens (including phenoxy) is 1. The second kappa shape index (κ2) is 9.73. The summed E-state index contributed by atoms with van der Waals surface area (Å²) in [5.41, 5.74) is 2.86. The molecule has 0 aliphatic heterocycles. The van der Waals surface area contributed by atoms with Crippen LogP contribution in [0.2, 0.25) is 0 Å².